The Morgan fingerprint density at radius 3 is 2.62 bits per heavy atom. The van der Waals surface area contributed by atoms with E-state index >= 15 is 0 Å². The SMILES string of the molecule is CC(C)C(CCO)NC(=O)C1CNCC1C. The fraction of sp³-hybridized carbons (Fsp3) is 0.917. The number of aliphatic hydroxyl groups is 1. The molecular formula is C12H24N2O2. The van der Waals surface area contributed by atoms with Gasteiger partial charge in [-0.15, -0.1) is 0 Å². The molecule has 4 nitrogen and oxygen atoms in total. The van der Waals surface area contributed by atoms with E-state index in [1.165, 1.54) is 0 Å². The van der Waals surface area contributed by atoms with Crippen LogP contribution in [0.5, 0.6) is 0 Å². The van der Waals surface area contributed by atoms with Gasteiger partial charge in [0.05, 0.1) is 5.92 Å². The van der Waals surface area contributed by atoms with Crippen molar-refractivity contribution in [1.82, 2.24) is 10.6 Å². The number of aliphatic hydroxyl groups excluding tert-OH is 1. The van der Waals surface area contributed by atoms with E-state index < -0.39 is 0 Å². The first-order chi connectivity index (χ1) is 7.56. The summed E-state index contributed by atoms with van der Waals surface area (Å²) in [6.07, 6.45) is 0.637. The Kier molecular flexibility index (Phi) is 5.22. The molecule has 0 aromatic heterocycles. The number of amides is 1. The first-order valence-electron chi connectivity index (χ1n) is 6.18. The molecule has 0 bridgehead atoms. The Balaban J connectivity index is 2.47. The maximum absolute atomic E-state index is 12.0. The molecule has 4 heteroatoms. The van der Waals surface area contributed by atoms with Crippen LogP contribution in [-0.2, 0) is 4.79 Å². The second kappa shape index (κ2) is 6.21. The van der Waals surface area contributed by atoms with Crippen molar-refractivity contribution in [2.45, 2.75) is 33.2 Å². The van der Waals surface area contributed by atoms with Crippen molar-refractivity contribution < 1.29 is 9.90 Å². The molecule has 1 fully saturated rings. The van der Waals surface area contributed by atoms with E-state index in [4.69, 9.17) is 5.11 Å². The molecule has 1 heterocycles. The van der Waals surface area contributed by atoms with E-state index in [-0.39, 0.29) is 24.5 Å². The summed E-state index contributed by atoms with van der Waals surface area (Å²) in [6.45, 7) is 8.05. The van der Waals surface area contributed by atoms with E-state index in [1.54, 1.807) is 0 Å². The zero-order chi connectivity index (χ0) is 12.1. The minimum Gasteiger partial charge on any atom is -0.396 e. The van der Waals surface area contributed by atoms with Gasteiger partial charge in [-0.05, 0) is 24.8 Å². The molecule has 1 rings (SSSR count). The Bertz CT molecular complexity index is 231. The van der Waals surface area contributed by atoms with Gasteiger partial charge >= 0.3 is 0 Å². The highest BCUT2D eigenvalue weighted by Gasteiger charge is 2.30. The fourth-order valence-electron chi connectivity index (χ4n) is 2.16. The van der Waals surface area contributed by atoms with Crippen molar-refractivity contribution in [3.05, 3.63) is 0 Å². The van der Waals surface area contributed by atoms with Gasteiger partial charge in [-0.2, -0.15) is 0 Å². The number of carbonyl (C=O) groups is 1. The van der Waals surface area contributed by atoms with Gasteiger partial charge in [0.1, 0.15) is 0 Å². The van der Waals surface area contributed by atoms with Crippen molar-refractivity contribution in [2.75, 3.05) is 19.7 Å². The fourth-order valence-corrected chi connectivity index (χ4v) is 2.16. The lowest BCUT2D eigenvalue weighted by molar-refractivity contribution is -0.126. The lowest BCUT2D eigenvalue weighted by Gasteiger charge is -2.24. The summed E-state index contributed by atoms with van der Waals surface area (Å²) in [6, 6.07) is 0.0882. The van der Waals surface area contributed by atoms with E-state index in [0.29, 0.717) is 18.3 Å². The summed E-state index contributed by atoms with van der Waals surface area (Å²) in [5.41, 5.74) is 0. The van der Waals surface area contributed by atoms with Gasteiger partial charge in [0.25, 0.3) is 0 Å². The van der Waals surface area contributed by atoms with Gasteiger partial charge in [0, 0.05) is 19.2 Å². The predicted molar refractivity (Wildman–Crippen MR) is 64.0 cm³/mol. The Hall–Kier alpha value is -0.610. The lowest BCUT2D eigenvalue weighted by Crippen LogP contribution is -2.44. The normalized spacial score (nSPS) is 27.1. The molecule has 0 aromatic rings. The van der Waals surface area contributed by atoms with Crippen LogP contribution in [-0.4, -0.2) is 36.8 Å². The summed E-state index contributed by atoms with van der Waals surface area (Å²) < 4.78 is 0. The first-order valence-corrected chi connectivity index (χ1v) is 6.18. The third kappa shape index (κ3) is 3.46. The molecule has 1 amide bonds. The highest BCUT2D eigenvalue weighted by Crippen LogP contribution is 2.17. The van der Waals surface area contributed by atoms with Crippen molar-refractivity contribution in [1.29, 1.82) is 0 Å². The average Bonchev–Trinajstić information content (AvgIpc) is 2.63. The van der Waals surface area contributed by atoms with Crippen LogP contribution in [0.3, 0.4) is 0 Å². The van der Waals surface area contributed by atoms with E-state index in [9.17, 15) is 4.79 Å². The average molecular weight is 228 g/mol. The highest BCUT2D eigenvalue weighted by atomic mass is 16.3. The number of nitrogens with one attached hydrogen (secondary N) is 2. The Morgan fingerprint density at radius 2 is 2.19 bits per heavy atom. The zero-order valence-corrected chi connectivity index (χ0v) is 10.5. The van der Waals surface area contributed by atoms with Crippen LogP contribution in [0.1, 0.15) is 27.2 Å². The third-order valence-corrected chi connectivity index (χ3v) is 3.43. The molecule has 94 valence electrons. The van der Waals surface area contributed by atoms with Crippen molar-refractivity contribution in [3.8, 4) is 0 Å². The van der Waals surface area contributed by atoms with Crippen molar-refractivity contribution >= 4 is 5.91 Å². The van der Waals surface area contributed by atoms with E-state index in [0.717, 1.165) is 13.1 Å². The second-order valence-electron chi connectivity index (χ2n) is 5.11. The van der Waals surface area contributed by atoms with Gasteiger partial charge in [0.2, 0.25) is 5.91 Å². The first kappa shape index (κ1) is 13.5. The number of hydrogen-bond acceptors (Lipinski definition) is 3. The van der Waals surface area contributed by atoms with Crippen LogP contribution >= 0.6 is 0 Å². The molecule has 0 aliphatic carbocycles. The van der Waals surface area contributed by atoms with E-state index in [1.807, 2.05) is 0 Å². The molecule has 0 saturated carbocycles. The largest absolute Gasteiger partial charge is 0.396 e. The van der Waals surface area contributed by atoms with Crippen LogP contribution in [0.15, 0.2) is 0 Å². The van der Waals surface area contributed by atoms with Gasteiger partial charge in [0.15, 0.2) is 0 Å². The molecular weight excluding hydrogens is 204 g/mol. The molecule has 3 N–H and O–H groups in total. The zero-order valence-electron chi connectivity index (χ0n) is 10.5. The molecule has 3 unspecified atom stereocenters. The second-order valence-corrected chi connectivity index (χ2v) is 5.11. The minimum absolute atomic E-state index is 0.0833. The Labute approximate surface area is 97.8 Å². The maximum Gasteiger partial charge on any atom is 0.224 e. The van der Waals surface area contributed by atoms with Crippen molar-refractivity contribution in [2.24, 2.45) is 17.8 Å². The summed E-state index contributed by atoms with van der Waals surface area (Å²) in [5, 5.41) is 15.2. The van der Waals surface area contributed by atoms with Crippen LogP contribution in [0.4, 0.5) is 0 Å². The maximum atomic E-state index is 12.0. The number of rotatable bonds is 5. The number of hydrogen-bond donors (Lipinski definition) is 3. The summed E-state index contributed by atoms with van der Waals surface area (Å²) in [4.78, 5) is 12.0. The smallest absolute Gasteiger partial charge is 0.224 e. The molecule has 16 heavy (non-hydrogen) atoms. The van der Waals surface area contributed by atoms with Crippen LogP contribution < -0.4 is 10.6 Å². The van der Waals surface area contributed by atoms with Gasteiger partial charge < -0.3 is 15.7 Å². The third-order valence-electron chi connectivity index (χ3n) is 3.43. The molecule has 1 aliphatic rings. The molecule has 1 saturated heterocycles. The highest BCUT2D eigenvalue weighted by molar-refractivity contribution is 5.79. The van der Waals surface area contributed by atoms with Gasteiger partial charge in [-0.25, -0.2) is 0 Å². The van der Waals surface area contributed by atoms with Crippen molar-refractivity contribution in [3.63, 3.8) is 0 Å². The summed E-state index contributed by atoms with van der Waals surface area (Å²) >= 11 is 0. The quantitative estimate of drug-likeness (QED) is 0.637. The minimum atomic E-state index is 0.0833. The predicted octanol–water partition coefficient (Wildman–Crippen LogP) is 0.365. The van der Waals surface area contributed by atoms with Crippen LogP contribution in [0.2, 0.25) is 0 Å². The topological polar surface area (TPSA) is 61.4 Å². The monoisotopic (exact) mass is 228 g/mol. The standard InChI is InChI=1S/C12H24N2O2/c1-8(2)11(4-5-15)14-12(16)10-7-13-6-9(10)3/h8-11,13,15H,4-7H2,1-3H3,(H,14,16). The molecule has 0 radical (unpaired) electrons. The summed E-state index contributed by atoms with van der Waals surface area (Å²) in [5.74, 6) is 0.979. The molecule has 0 aromatic carbocycles. The molecule has 0 spiro atoms. The Morgan fingerprint density at radius 1 is 1.50 bits per heavy atom. The molecule has 3 atom stereocenters. The van der Waals surface area contributed by atoms with Crippen LogP contribution in [0, 0.1) is 17.8 Å². The van der Waals surface area contributed by atoms with E-state index in [2.05, 4.69) is 31.4 Å². The number of carbonyl (C=O) groups excluding carboxylic acids is 1. The lowest BCUT2D eigenvalue weighted by atomic mass is 9.95. The molecule has 1 aliphatic heterocycles. The van der Waals surface area contributed by atoms with Gasteiger partial charge in [-0.3, -0.25) is 4.79 Å². The van der Waals surface area contributed by atoms with Gasteiger partial charge in [-0.1, -0.05) is 20.8 Å². The summed E-state index contributed by atoms with van der Waals surface area (Å²) in [7, 11) is 0. The van der Waals surface area contributed by atoms with Crippen LogP contribution in [0.25, 0.3) is 0 Å².